The highest BCUT2D eigenvalue weighted by atomic mass is 32.2. The predicted octanol–water partition coefficient (Wildman–Crippen LogP) is 2.96. The van der Waals surface area contributed by atoms with Crippen molar-refractivity contribution < 1.29 is 21.6 Å². The maximum Gasteiger partial charge on any atom is 0.416 e. The van der Waals surface area contributed by atoms with Gasteiger partial charge in [0, 0.05) is 18.8 Å². The fourth-order valence-electron chi connectivity index (χ4n) is 1.86. The van der Waals surface area contributed by atoms with Crippen molar-refractivity contribution in [3.05, 3.63) is 47.8 Å². The second-order valence-electron chi connectivity index (χ2n) is 5.27. The maximum atomic E-state index is 12.6. The Morgan fingerprint density at radius 3 is 2.57 bits per heavy atom. The van der Waals surface area contributed by atoms with Gasteiger partial charge in [0.05, 0.1) is 11.8 Å². The Hall–Kier alpha value is -1.87. The van der Waals surface area contributed by atoms with Gasteiger partial charge in [-0.05, 0) is 25.5 Å². The molecule has 0 amide bonds. The molecule has 0 unspecified atom stereocenters. The van der Waals surface area contributed by atoms with Gasteiger partial charge in [0.25, 0.3) is 0 Å². The van der Waals surface area contributed by atoms with E-state index < -0.39 is 21.8 Å². The Morgan fingerprint density at radius 1 is 1.30 bits per heavy atom. The first-order valence-electron chi connectivity index (χ1n) is 6.79. The van der Waals surface area contributed by atoms with Crippen LogP contribution in [0.4, 0.5) is 13.2 Å². The molecule has 23 heavy (non-hydrogen) atoms. The first kappa shape index (κ1) is 17.5. The van der Waals surface area contributed by atoms with E-state index in [1.807, 2.05) is 13.8 Å². The Bertz CT molecular complexity index is 783. The molecule has 1 N–H and O–H groups in total. The minimum absolute atomic E-state index is 0.00224. The third-order valence-corrected chi connectivity index (χ3v) is 4.49. The van der Waals surface area contributed by atoms with Gasteiger partial charge < -0.3 is 0 Å². The minimum Gasteiger partial charge on any atom is -0.269 e. The molecule has 0 aliphatic carbocycles. The van der Waals surface area contributed by atoms with Crippen LogP contribution in [-0.2, 0) is 22.7 Å². The van der Waals surface area contributed by atoms with Gasteiger partial charge in [-0.15, -0.1) is 0 Å². The fraction of sp³-hybridized carbons (Fsp3) is 0.357. The van der Waals surface area contributed by atoms with E-state index in [2.05, 4.69) is 9.82 Å². The van der Waals surface area contributed by atoms with Gasteiger partial charge in [-0.3, -0.25) is 4.68 Å². The van der Waals surface area contributed by atoms with E-state index in [1.165, 1.54) is 29.2 Å². The van der Waals surface area contributed by atoms with Crippen LogP contribution in [-0.4, -0.2) is 18.2 Å². The number of alkyl halides is 3. The van der Waals surface area contributed by atoms with Gasteiger partial charge in [-0.25, -0.2) is 13.1 Å². The summed E-state index contributed by atoms with van der Waals surface area (Å²) in [6, 6.07) is 4.52. The topological polar surface area (TPSA) is 64.0 Å². The van der Waals surface area contributed by atoms with Gasteiger partial charge in [-0.2, -0.15) is 18.3 Å². The van der Waals surface area contributed by atoms with E-state index in [0.717, 1.165) is 12.1 Å². The number of hydrogen-bond donors (Lipinski definition) is 1. The van der Waals surface area contributed by atoms with Crippen molar-refractivity contribution in [1.82, 2.24) is 14.5 Å². The molecule has 1 aromatic carbocycles. The standard InChI is InChI=1S/C14H16F3N3O2S/c1-10(2)20-9-13(8-18-20)23(21,22)19-7-11-4-3-5-12(6-11)14(15,16)17/h3-6,8-10,19H,7H2,1-2H3. The van der Waals surface area contributed by atoms with Crippen LogP contribution >= 0.6 is 0 Å². The van der Waals surface area contributed by atoms with Crippen molar-refractivity contribution in [2.45, 2.75) is 37.5 Å². The van der Waals surface area contributed by atoms with Crippen molar-refractivity contribution in [1.29, 1.82) is 0 Å². The summed E-state index contributed by atoms with van der Waals surface area (Å²) >= 11 is 0. The van der Waals surface area contributed by atoms with Crippen LogP contribution < -0.4 is 4.72 Å². The first-order valence-corrected chi connectivity index (χ1v) is 8.28. The lowest BCUT2D eigenvalue weighted by atomic mass is 10.1. The van der Waals surface area contributed by atoms with Crippen LogP contribution in [0.5, 0.6) is 0 Å². The van der Waals surface area contributed by atoms with Crippen molar-refractivity contribution in [3.8, 4) is 0 Å². The monoisotopic (exact) mass is 347 g/mol. The molecular weight excluding hydrogens is 331 g/mol. The Labute approximate surface area is 132 Å². The Balaban J connectivity index is 2.13. The van der Waals surface area contributed by atoms with E-state index >= 15 is 0 Å². The largest absolute Gasteiger partial charge is 0.416 e. The van der Waals surface area contributed by atoms with Crippen LogP contribution in [0.15, 0.2) is 41.6 Å². The molecule has 9 heteroatoms. The van der Waals surface area contributed by atoms with E-state index in [0.29, 0.717) is 0 Å². The molecule has 0 aliphatic heterocycles. The third-order valence-electron chi connectivity index (χ3n) is 3.14. The molecule has 2 rings (SSSR count). The van der Waals surface area contributed by atoms with Crippen molar-refractivity contribution in [2.75, 3.05) is 0 Å². The quantitative estimate of drug-likeness (QED) is 0.904. The first-order chi connectivity index (χ1) is 10.6. The van der Waals surface area contributed by atoms with Gasteiger partial charge in [-0.1, -0.05) is 18.2 Å². The maximum absolute atomic E-state index is 12.6. The average Bonchev–Trinajstić information content (AvgIpc) is 2.95. The Kier molecular flexibility index (Phi) is 4.81. The molecule has 0 saturated carbocycles. The summed E-state index contributed by atoms with van der Waals surface area (Å²) in [6.07, 6.45) is -1.89. The number of halogens is 3. The molecule has 2 aromatic rings. The normalized spacial score (nSPS) is 12.8. The van der Waals surface area contributed by atoms with Crippen molar-refractivity contribution >= 4 is 10.0 Å². The zero-order chi connectivity index (χ0) is 17.3. The van der Waals surface area contributed by atoms with Gasteiger partial charge >= 0.3 is 6.18 Å². The molecule has 0 atom stereocenters. The zero-order valence-electron chi connectivity index (χ0n) is 12.5. The van der Waals surface area contributed by atoms with E-state index in [4.69, 9.17) is 0 Å². The fourth-order valence-corrected chi connectivity index (χ4v) is 2.82. The molecule has 0 fully saturated rings. The molecule has 0 bridgehead atoms. The van der Waals surface area contributed by atoms with Crippen LogP contribution in [0, 0.1) is 0 Å². The van der Waals surface area contributed by atoms with E-state index in [-0.39, 0.29) is 23.0 Å². The molecule has 0 spiro atoms. The summed E-state index contributed by atoms with van der Waals surface area (Å²) < 4.78 is 65.9. The number of aromatic nitrogens is 2. The summed E-state index contributed by atoms with van der Waals surface area (Å²) in [7, 11) is -3.83. The number of nitrogens with zero attached hydrogens (tertiary/aromatic N) is 2. The summed E-state index contributed by atoms with van der Waals surface area (Å²) in [5.41, 5.74) is -0.596. The second kappa shape index (κ2) is 6.32. The highest BCUT2D eigenvalue weighted by Crippen LogP contribution is 2.29. The van der Waals surface area contributed by atoms with Crippen LogP contribution in [0.3, 0.4) is 0 Å². The third kappa shape index (κ3) is 4.32. The van der Waals surface area contributed by atoms with Gasteiger partial charge in [0.15, 0.2) is 0 Å². The van der Waals surface area contributed by atoms with Crippen molar-refractivity contribution in [3.63, 3.8) is 0 Å². The molecule has 0 aliphatic rings. The average molecular weight is 347 g/mol. The second-order valence-corrected chi connectivity index (χ2v) is 7.04. The lowest BCUT2D eigenvalue weighted by Gasteiger charge is -2.09. The summed E-state index contributed by atoms with van der Waals surface area (Å²) in [5, 5.41) is 3.93. The summed E-state index contributed by atoms with van der Waals surface area (Å²) in [4.78, 5) is -0.0295. The lowest BCUT2D eigenvalue weighted by molar-refractivity contribution is -0.137. The SMILES string of the molecule is CC(C)n1cc(S(=O)(=O)NCc2cccc(C(F)(F)F)c2)cn1. The number of hydrogen-bond acceptors (Lipinski definition) is 3. The minimum atomic E-state index is -4.46. The van der Waals surface area contributed by atoms with Gasteiger partial charge in [0.1, 0.15) is 4.90 Å². The molecule has 126 valence electrons. The predicted molar refractivity (Wildman–Crippen MR) is 78.1 cm³/mol. The number of rotatable bonds is 5. The zero-order valence-corrected chi connectivity index (χ0v) is 13.3. The lowest BCUT2D eigenvalue weighted by Crippen LogP contribution is -2.23. The number of benzene rings is 1. The van der Waals surface area contributed by atoms with E-state index in [9.17, 15) is 21.6 Å². The summed E-state index contributed by atoms with van der Waals surface area (Å²) in [6.45, 7) is 3.46. The molecule has 1 aromatic heterocycles. The van der Waals surface area contributed by atoms with Gasteiger partial charge in [0.2, 0.25) is 10.0 Å². The number of nitrogens with one attached hydrogen (secondary N) is 1. The van der Waals surface area contributed by atoms with Crippen molar-refractivity contribution in [2.24, 2.45) is 0 Å². The summed E-state index contributed by atoms with van der Waals surface area (Å²) in [5.74, 6) is 0. The van der Waals surface area contributed by atoms with Crippen LogP contribution in [0.2, 0.25) is 0 Å². The molecule has 1 heterocycles. The molecule has 5 nitrogen and oxygen atoms in total. The highest BCUT2D eigenvalue weighted by Gasteiger charge is 2.30. The van der Waals surface area contributed by atoms with E-state index in [1.54, 1.807) is 0 Å². The smallest absolute Gasteiger partial charge is 0.269 e. The van der Waals surface area contributed by atoms with Crippen LogP contribution in [0.1, 0.15) is 31.0 Å². The molecule has 0 saturated heterocycles. The molecular formula is C14H16F3N3O2S. The molecule has 0 radical (unpaired) electrons. The Morgan fingerprint density at radius 2 is 2.00 bits per heavy atom. The highest BCUT2D eigenvalue weighted by molar-refractivity contribution is 7.89. The number of sulfonamides is 1. The van der Waals surface area contributed by atoms with Crippen LogP contribution in [0.25, 0.3) is 0 Å².